The number of hydrogen-bond acceptors (Lipinski definition) is 5. The maximum absolute atomic E-state index is 5.91. The van der Waals surface area contributed by atoms with Crippen molar-refractivity contribution in [1.29, 1.82) is 0 Å². The zero-order valence-electron chi connectivity index (χ0n) is 14.8. The fourth-order valence-electron chi connectivity index (χ4n) is 4.20. The van der Waals surface area contributed by atoms with Gasteiger partial charge in [-0.15, -0.1) is 0 Å². The van der Waals surface area contributed by atoms with Gasteiger partial charge in [-0.25, -0.2) is 4.98 Å². The molecule has 0 amide bonds. The topological polar surface area (TPSA) is 41.5 Å². The van der Waals surface area contributed by atoms with E-state index in [0.717, 1.165) is 38.7 Å². The van der Waals surface area contributed by atoms with Gasteiger partial charge in [0.25, 0.3) is 0 Å². The number of nitrogens with zero attached hydrogens (tertiary/aromatic N) is 4. The van der Waals surface area contributed by atoms with Crippen LogP contribution in [0.15, 0.2) is 48.9 Å². The molecule has 2 fully saturated rings. The first-order valence-electron chi connectivity index (χ1n) is 9.10. The van der Waals surface area contributed by atoms with Gasteiger partial charge in [-0.3, -0.25) is 14.8 Å². The lowest BCUT2D eigenvalue weighted by atomic mass is 9.75. The Balaban J connectivity index is 1.31. The Morgan fingerprint density at radius 3 is 2.76 bits per heavy atom. The van der Waals surface area contributed by atoms with E-state index in [0.29, 0.717) is 11.5 Å². The molecule has 2 aliphatic rings. The van der Waals surface area contributed by atoms with Crippen LogP contribution in [0.5, 0.6) is 5.88 Å². The Morgan fingerprint density at radius 2 is 2.00 bits per heavy atom. The second-order valence-electron chi connectivity index (χ2n) is 7.48. The molecule has 0 N–H and O–H groups in total. The first-order chi connectivity index (χ1) is 12.2. The standard InChI is InChI=1S/C20H26N4O/c1-23-11-7-18(14-25-19-4-2-3-8-22-19)12-20(23)15-24(16-20)13-17-5-9-21-10-6-17/h2-6,8-10,18H,7,11-16H2,1H3. The maximum atomic E-state index is 5.91. The summed E-state index contributed by atoms with van der Waals surface area (Å²) in [4.78, 5) is 13.5. The highest BCUT2D eigenvalue weighted by atomic mass is 16.5. The third-order valence-corrected chi connectivity index (χ3v) is 5.65. The average molecular weight is 338 g/mol. The van der Waals surface area contributed by atoms with Crippen LogP contribution in [-0.2, 0) is 6.54 Å². The Kier molecular flexibility index (Phi) is 4.68. The van der Waals surface area contributed by atoms with E-state index in [-0.39, 0.29) is 0 Å². The Morgan fingerprint density at radius 1 is 1.16 bits per heavy atom. The van der Waals surface area contributed by atoms with Gasteiger partial charge in [-0.2, -0.15) is 0 Å². The number of piperidine rings is 1. The van der Waals surface area contributed by atoms with Crippen LogP contribution in [0.1, 0.15) is 18.4 Å². The molecule has 2 aromatic rings. The lowest BCUT2D eigenvalue weighted by Gasteiger charge is -2.58. The van der Waals surface area contributed by atoms with Crippen molar-refractivity contribution in [2.45, 2.75) is 24.9 Å². The van der Waals surface area contributed by atoms with E-state index in [1.165, 1.54) is 18.4 Å². The number of likely N-dealkylation sites (tertiary alicyclic amines) is 2. The summed E-state index contributed by atoms with van der Waals surface area (Å²) in [6, 6.07) is 10.0. The molecular formula is C20H26N4O. The van der Waals surface area contributed by atoms with Gasteiger partial charge in [0.05, 0.1) is 6.61 Å². The van der Waals surface area contributed by atoms with Crippen molar-refractivity contribution in [2.75, 3.05) is 33.3 Å². The van der Waals surface area contributed by atoms with Crippen LogP contribution in [0, 0.1) is 5.92 Å². The lowest BCUT2D eigenvalue weighted by Crippen LogP contribution is -2.71. The Hall–Kier alpha value is -1.98. The minimum absolute atomic E-state index is 0.323. The molecule has 5 heteroatoms. The molecule has 132 valence electrons. The first-order valence-corrected chi connectivity index (χ1v) is 9.10. The number of hydrogen-bond donors (Lipinski definition) is 0. The average Bonchev–Trinajstić information content (AvgIpc) is 2.63. The van der Waals surface area contributed by atoms with Crippen molar-refractivity contribution in [3.63, 3.8) is 0 Å². The summed E-state index contributed by atoms with van der Waals surface area (Å²) in [6.07, 6.45) is 7.96. The van der Waals surface area contributed by atoms with E-state index < -0.39 is 0 Å². The van der Waals surface area contributed by atoms with Crippen LogP contribution in [0.4, 0.5) is 0 Å². The molecule has 0 radical (unpaired) electrons. The van der Waals surface area contributed by atoms with Crippen LogP contribution in [0.3, 0.4) is 0 Å². The summed E-state index contributed by atoms with van der Waals surface area (Å²) in [7, 11) is 2.28. The molecule has 1 unspecified atom stereocenters. The van der Waals surface area contributed by atoms with Crippen molar-refractivity contribution in [3.8, 4) is 5.88 Å². The predicted molar refractivity (Wildman–Crippen MR) is 97.3 cm³/mol. The molecule has 4 rings (SSSR count). The van der Waals surface area contributed by atoms with Crippen LogP contribution in [0.25, 0.3) is 0 Å². The van der Waals surface area contributed by atoms with Crippen molar-refractivity contribution in [3.05, 3.63) is 54.5 Å². The van der Waals surface area contributed by atoms with E-state index in [2.05, 4.69) is 38.9 Å². The monoisotopic (exact) mass is 338 g/mol. The quantitative estimate of drug-likeness (QED) is 0.838. The molecule has 0 aromatic carbocycles. The molecule has 2 aromatic heterocycles. The summed E-state index contributed by atoms with van der Waals surface area (Å²) in [6.45, 7) is 5.24. The molecule has 0 aliphatic carbocycles. The summed E-state index contributed by atoms with van der Waals surface area (Å²) >= 11 is 0. The van der Waals surface area contributed by atoms with Gasteiger partial charge in [-0.05, 0) is 56.1 Å². The van der Waals surface area contributed by atoms with Crippen LogP contribution in [0.2, 0.25) is 0 Å². The third-order valence-electron chi connectivity index (χ3n) is 5.65. The summed E-state index contributed by atoms with van der Waals surface area (Å²) in [5, 5.41) is 0. The largest absolute Gasteiger partial charge is 0.477 e. The molecule has 0 bridgehead atoms. The normalized spacial score (nSPS) is 23.3. The Bertz CT molecular complexity index is 673. The highest BCUT2D eigenvalue weighted by molar-refractivity contribution is 5.14. The molecule has 2 aliphatic heterocycles. The van der Waals surface area contributed by atoms with Crippen LogP contribution in [-0.4, -0.2) is 58.6 Å². The van der Waals surface area contributed by atoms with Gasteiger partial charge in [0.2, 0.25) is 5.88 Å². The van der Waals surface area contributed by atoms with Crippen LogP contribution >= 0.6 is 0 Å². The van der Waals surface area contributed by atoms with E-state index in [4.69, 9.17) is 4.74 Å². The molecule has 0 saturated carbocycles. The van der Waals surface area contributed by atoms with Crippen LogP contribution < -0.4 is 4.74 Å². The summed E-state index contributed by atoms with van der Waals surface area (Å²) in [5.74, 6) is 1.35. The minimum atomic E-state index is 0.323. The number of rotatable bonds is 5. The van der Waals surface area contributed by atoms with Gasteiger partial charge in [0, 0.05) is 49.8 Å². The van der Waals surface area contributed by atoms with Crippen molar-refractivity contribution < 1.29 is 4.74 Å². The molecule has 5 nitrogen and oxygen atoms in total. The zero-order valence-corrected chi connectivity index (χ0v) is 14.8. The van der Waals surface area contributed by atoms with Gasteiger partial charge in [0.1, 0.15) is 0 Å². The number of likely N-dealkylation sites (N-methyl/N-ethyl adjacent to an activating group) is 1. The molecule has 1 spiro atoms. The molecule has 4 heterocycles. The second-order valence-corrected chi connectivity index (χ2v) is 7.48. The van der Waals surface area contributed by atoms with E-state index in [9.17, 15) is 0 Å². The molecule has 25 heavy (non-hydrogen) atoms. The predicted octanol–water partition coefficient (Wildman–Crippen LogP) is 2.45. The zero-order chi connectivity index (χ0) is 17.1. The highest BCUT2D eigenvalue weighted by Crippen LogP contribution is 2.38. The summed E-state index contributed by atoms with van der Waals surface area (Å²) < 4.78 is 5.91. The minimum Gasteiger partial charge on any atom is -0.477 e. The van der Waals surface area contributed by atoms with Gasteiger partial charge < -0.3 is 4.74 Å². The van der Waals surface area contributed by atoms with Crippen molar-refractivity contribution >= 4 is 0 Å². The van der Waals surface area contributed by atoms with Gasteiger partial charge in [-0.1, -0.05) is 6.07 Å². The van der Waals surface area contributed by atoms with E-state index in [1.54, 1.807) is 6.20 Å². The van der Waals surface area contributed by atoms with E-state index in [1.807, 2.05) is 30.6 Å². The second kappa shape index (κ2) is 7.10. The maximum Gasteiger partial charge on any atom is 0.213 e. The smallest absolute Gasteiger partial charge is 0.213 e. The number of ether oxygens (including phenoxy) is 1. The first kappa shape index (κ1) is 16.5. The Labute approximate surface area is 149 Å². The molecule has 1 atom stereocenters. The fraction of sp³-hybridized carbons (Fsp3) is 0.500. The highest BCUT2D eigenvalue weighted by Gasteiger charge is 2.49. The number of aromatic nitrogens is 2. The third kappa shape index (κ3) is 3.67. The van der Waals surface area contributed by atoms with Crippen molar-refractivity contribution in [1.82, 2.24) is 19.8 Å². The van der Waals surface area contributed by atoms with Gasteiger partial charge >= 0.3 is 0 Å². The lowest BCUT2D eigenvalue weighted by molar-refractivity contribution is -0.0875. The van der Waals surface area contributed by atoms with E-state index >= 15 is 0 Å². The number of pyridine rings is 2. The van der Waals surface area contributed by atoms with Crippen molar-refractivity contribution in [2.24, 2.45) is 5.92 Å². The molecular weight excluding hydrogens is 312 g/mol. The van der Waals surface area contributed by atoms with Gasteiger partial charge in [0.15, 0.2) is 0 Å². The molecule has 2 saturated heterocycles. The SMILES string of the molecule is CN1CCC(COc2ccccn2)CC12CN(Cc1ccncc1)C2. The fourth-order valence-corrected chi connectivity index (χ4v) is 4.20. The summed E-state index contributed by atoms with van der Waals surface area (Å²) in [5.41, 5.74) is 1.67.